The van der Waals surface area contributed by atoms with Crippen LogP contribution in [0.2, 0.25) is 0 Å². The molecule has 0 saturated carbocycles. The number of rotatable bonds is 5. The average Bonchev–Trinajstić information content (AvgIpc) is 2.45. The SMILES string of the molecule is COc1ccc(C(Cc2cccc(C)c2)C(=O)O)c(C)c1. The van der Waals surface area contributed by atoms with Crippen LogP contribution in [0.25, 0.3) is 0 Å². The Morgan fingerprint density at radius 3 is 2.52 bits per heavy atom. The molecule has 21 heavy (non-hydrogen) atoms. The maximum absolute atomic E-state index is 11.7. The highest BCUT2D eigenvalue weighted by Gasteiger charge is 2.22. The maximum Gasteiger partial charge on any atom is 0.311 e. The van der Waals surface area contributed by atoms with Crippen molar-refractivity contribution < 1.29 is 14.6 Å². The van der Waals surface area contributed by atoms with Crippen LogP contribution < -0.4 is 4.74 Å². The molecule has 0 radical (unpaired) electrons. The molecule has 2 aromatic rings. The lowest BCUT2D eigenvalue weighted by Crippen LogP contribution is -2.15. The Labute approximate surface area is 125 Å². The minimum absolute atomic E-state index is 0.490. The molecule has 0 spiro atoms. The molecule has 0 aliphatic rings. The molecule has 0 saturated heterocycles. The smallest absolute Gasteiger partial charge is 0.311 e. The predicted octanol–water partition coefficient (Wildman–Crippen LogP) is 3.72. The highest BCUT2D eigenvalue weighted by Crippen LogP contribution is 2.27. The van der Waals surface area contributed by atoms with E-state index >= 15 is 0 Å². The van der Waals surface area contributed by atoms with Crippen LogP contribution in [0.5, 0.6) is 5.75 Å². The Morgan fingerprint density at radius 1 is 1.19 bits per heavy atom. The van der Waals surface area contributed by atoms with Crippen LogP contribution in [0.3, 0.4) is 0 Å². The van der Waals surface area contributed by atoms with Gasteiger partial charge >= 0.3 is 5.97 Å². The molecule has 0 fully saturated rings. The highest BCUT2D eigenvalue weighted by atomic mass is 16.5. The zero-order chi connectivity index (χ0) is 15.4. The molecule has 0 aliphatic heterocycles. The number of carboxylic acid groups (broad SMARTS) is 1. The molecule has 0 bridgehead atoms. The minimum atomic E-state index is -0.801. The van der Waals surface area contributed by atoms with E-state index in [1.807, 2.05) is 56.3 Å². The second kappa shape index (κ2) is 6.44. The van der Waals surface area contributed by atoms with Crippen LogP contribution in [0.1, 0.15) is 28.2 Å². The monoisotopic (exact) mass is 284 g/mol. The van der Waals surface area contributed by atoms with Crippen molar-refractivity contribution in [2.24, 2.45) is 0 Å². The van der Waals surface area contributed by atoms with Crippen LogP contribution in [0.15, 0.2) is 42.5 Å². The summed E-state index contributed by atoms with van der Waals surface area (Å²) >= 11 is 0. The summed E-state index contributed by atoms with van der Waals surface area (Å²) in [6.45, 7) is 3.93. The van der Waals surface area contributed by atoms with Gasteiger partial charge in [0, 0.05) is 0 Å². The Balaban J connectivity index is 2.33. The molecule has 0 heterocycles. The van der Waals surface area contributed by atoms with E-state index in [0.29, 0.717) is 6.42 Å². The summed E-state index contributed by atoms with van der Waals surface area (Å²) in [4.78, 5) is 11.7. The van der Waals surface area contributed by atoms with Crippen LogP contribution in [0, 0.1) is 13.8 Å². The Kier molecular flexibility index (Phi) is 4.63. The standard InChI is InChI=1S/C18H20O3/c1-12-5-4-6-14(9-12)11-17(18(19)20)16-8-7-15(21-3)10-13(16)2/h4-10,17H,11H2,1-3H3,(H,19,20). The third-order valence-corrected chi connectivity index (χ3v) is 3.67. The van der Waals surface area contributed by atoms with Crippen LogP contribution in [0.4, 0.5) is 0 Å². The summed E-state index contributed by atoms with van der Waals surface area (Å²) in [7, 11) is 1.61. The first kappa shape index (κ1) is 15.1. The number of carboxylic acids is 1. The molecule has 0 amide bonds. The number of aliphatic carboxylic acids is 1. The van der Waals surface area contributed by atoms with Gasteiger partial charge < -0.3 is 9.84 Å². The van der Waals surface area contributed by atoms with E-state index in [9.17, 15) is 9.90 Å². The number of carbonyl (C=O) groups is 1. The molecule has 0 aromatic heterocycles. The van der Waals surface area contributed by atoms with Gasteiger partial charge in [-0.05, 0) is 49.1 Å². The zero-order valence-electron chi connectivity index (χ0n) is 12.6. The van der Waals surface area contributed by atoms with Crippen molar-refractivity contribution in [2.75, 3.05) is 7.11 Å². The third-order valence-electron chi connectivity index (χ3n) is 3.67. The van der Waals surface area contributed by atoms with Gasteiger partial charge in [0.25, 0.3) is 0 Å². The van der Waals surface area contributed by atoms with Crippen molar-refractivity contribution in [1.82, 2.24) is 0 Å². The van der Waals surface area contributed by atoms with Crippen molar-refractivity contribution >= 4 is 5.97 Å². The largest absolute Gasteiger partial charge is 0.497 e. The lowest BCUT2D eigenvalue weighted by molar-refractivity contribution is -0.138. The first-order valence-electron chi connectivity index (χ1n) is 6.94. The second-order valence-corrected chi connectivity index (χ2v) is 5.31. The fourth-order valence-corrected chi connectivity index (χ4v) is 2.57. The normalized spacial score (nSPS) is 12.0. The summed E-state index contributed by atoms with van der Waals surface area (Å²) in [6.07, 6.45) is 0.490. The topological polar surface area (TPSA) is 46.5 Å². The number of ether oxygens (including phenoxy) is 1. The Hall–Kier alpha value is -2.29. The molecule has 3 heteroatoms. The van der Waals surface area contributed by atoms with Gasteiger partial charge in [0.1, 0.15) is 5.75 Å². The summed E-state index contributed by atoms with van der Waals surface area (Å²) in [5.74, 6) is -0.599. The molecule has 3 nitrogen and oxygen atoms in total. The van der Waals surface area contributed by atoms with E-state index < -0.39 is 11.9 Å². The summed E-state index contributed by atoms with van der Waals surface area (Å²) in [6, 6.07) is 13.5. The lowest BCUT2D eigenvalue weighted by atomic mass is 9.89. The Bertz CT molecular complexity index is 647. The quantitative estimate of drug-likeness (QED) is 0.910. The van der Waals surface area contributed by atoms with E-state index in [1.165, 1.54) is 0 Å². The van der Waals surface area contributed by atoms with Gasteiger partial charge in [-0.25, -0.2) is 0 Å². The average molecular weight is 284 g/mol. The van der Waals surface area contributed by atoms with Crippen molar-refractivity contribution in [3.05, 3.63) is 64.7 Å². The molecule has 0 aliphatic carbocycles. The van der Waals surface area contributed by atoms with Crippen molar-refractivity contribution in [2.45, 2.75) is 26.2 Å². The van der Waals surface area contributed by atoms with Gasteiger partial charge in [-0.3, -0.25) is 4.79 Å². The summed E-state index contributed by atoms with van der Waals surface area (Å²) in [5.41, 5.74) is 3.96. The van der Waals surface area contributed by atoms with E-state index in [1.54, 1.807) is 7.11 Å². The number of aryl methyl sites for hydroxylation is 2. The fraction of sp³-hybridized carbons (Fsp3) is 0.278. The van der Waals surface area contributed by atoms with E-state index in [-0.39, 0.29) is 0 Å². The fourth-order valence-electron chi connectivity index (χ4n) is 2.57. The predicted molar refractivity (Wildman–Crippen MR) is 83.0 cm³/mol. The van der Waals surface area contributed by atoms with E-state index in [0.717, 1.165) is 28.0 Å². The highest BCUT2D eigenvalue weighted by molar-refractivity contribution is 5.77. The second-order valence-electron chi connectivity index (χ2n) is 5.31. The first-order valence-corrected chi connectivity index (χ1v) is 6.94. The molecule has 2 rings (SSSR count). The van der Waals surface area contributed by atoms with Gasteiger partial charge in [0.15, 0.2) is 0 Å². The first-order chi connectivity index (χ1) is 10.0. The van der Waals surface area contributed by atoms with Crippen LogP contribution in [-0.2, 0) is 11.2 Å². The Morgan fingerprint density at radius 2 is 1.95 bits per heavy atom. The molecular formula is C18H20O3. The number of methoxy groups -OCH3 is 1. The summed E-state index contributed by atoms with van der Waals surface area (Å²) in [5, 5.41) is 9.58. The zero-order valence-corrected chi connectivity index (χ0v) is 12.6. The lowest BCUT2D eigenvalue weighted by Gasteiger charge is -2.16. The number of benzene rings is 2. The molecule has 1 unspecified atom stereocenters. The third kappa shape index (κ3) is 3.63. The van der Waals surface area contributed by atoms with Gasteiger partial charge in [-0.2, -0.15) is 0 Å². The van der Waals surface area contributed by atoms with Gasteiger partial charge in [-0.15, -0.1) is 0 Å². The van der Waals surface area contributed by atoms with Crippen LogP contribution in [-0.4, -0.2) is 18.2 Å². The molecule has 1 N–H and O–H groups in total. The molecule has 2 aromatic carbocycles. The van der Waals surface area contributed by atoms with Crippen molar-refractivity contribution in [3.63, 3.8) is 0 Å². The maximum atomic E-state index is 11.7. The van der Waals surface area contributed by atoms with Gasteiger partial charge in [-0.1, -0.05) is 35.9 Å². The molecular weight excluding hydrogens is 264 g/mol. The minimum Gasteiger partial charge on any atom is -0.497 e. The van der Waals surface area contributed by atoms with Gasteiger partial charge in [0.2, 0.25) is 0 Å². The van der Waals surface area contributed by atoms with Crippen LogP contribution >= 0.6 is 0 Å². The number of hydrogen-bond acceptors (Lipinski definition) is 2. The summed E-state index contributed by atoms with van der Waals surface area (Å²) < 4.78 is 5.18. The molecule has 110 valence electrons. The number of hydrogen-bond donors (Lipinski definition) is 1. The molecule has 1 atom stereocenters. The van der Waals surface area contributed by atoms with Crippen molar-refractivity contribution in [1.29, 1.82) is 0 Å². The van der Waals surface area contributed by atoms with Crippen molar-refractivity contribution in [3.8, 4) is 5.75 Å². The van der Waals surface area contributed by atoms with Gasteiger partial charge in [0.05, 0.1) is 13.0 Å². The van der Waals surface area contributed by atoms with E-state index in [2.05, 4.69) is 0 Å². The van der Waals surface area contributed by atoms with E-state index in [4.69, 9.17) is 4.74 Å².